The Balaban J connectivity index is 0.00000312. The molecule has 25 heavy (non-hydrogen) atoms. The Morgan fingerprint density at radius 2 is 2.20 bits per heavy atom. The Bertz CT molecular complexity index is 519. The van der Waals surface area contributed by atoms with Crippen LogP contribution in [0.3, 0.4) is 0 Å². The SMILES string of the molecule is CSCCCCNC(=NCc1nnc(C)n1C)NCC1CCCO1.I. The summed E-state index contributed by atoms with van der Waals surface area (Å²) in [5.41, 5.74) is 0. The Morgan fingerprint density at radius 3 is 2.84 bits per heavy atom. The lowest BCUT2D eigenvalue weighted by molar-refractivity contribution is 0.114. The van der Waals surface area contributed by atoms with Crippen LogP contribution < -0.4 is 10.6 Å². The third kappa shape index (κ3) is 8.12. The Labute approximate surface area is 172 Å². The molecule has 0 spiro atoms. The summed E-state index contributed by atoms with van der Waals surface area (Å²) < 4.78 is 7.64. The number of thioether (sulfide) groups is 1. The quantitative estimate of drug-likeness (QED) is 0.243. The zero-order valence-electron chi connectivity index (χ0n) is 15.5. The fourth-order valence-corrected chi connectivity index (χ4v) is 3.00. The van der Waals surface area contributed by atoms with Crippen LogP contribution in [0.15, 0.2) is 4.99 Å². The number of aryl methyl sites for hydroxylation is 1. The molecule has 2 N–H and O–H groups in total. The second-order valence-corrected chi connectivity index (χ2v) is 7.02. The molecule has 2 rings (SSSR count). The van der Waals surface area contributed by atoms with E-state index in [1.165, 1.54) is 12.2 Å². The molecule has 0 bridgehead atoms. The number of hydrogen-bond acceptors (Lipinski definition) is 5. The van der Waals surface area contributed by atoms with Crippen molar-refractivity contribution < 1.29 is 4.74 Å². The van der Waals surface area contributed by atoms with Gasteiger partial charge in [0.1, 0.15) is 12.4 Å². The Kier molecular flexibility index (Phi) is 11.5. The van der Waals surface area contributed by atoms with Crippen LogP contribution in [-0.4, -0.2) is 58.5 Å². The van der Waals surface area contributed by atoms with Crippen LogP contribution in [0.2, 0.25) is 0 Å². The molecule has 1 fully saturated rings. The van der Waals surface area contributed by atoms with Gasteiger partial charge in [-0.25, -0.2) is 4.99 Å². The Morgan fingerprint density at radius 1 is 1.36 bits per heavy atom. The highest BCUT2D eigenvalue weighted by molar-refractivity contribution is 14.0. The van der Waals surface area contributed by atoms with E-state index < -0.39 is 0 Å². The molecule has 1 aliphatic rings. The van der Waals surface area contributed by atoms with Gasteiger partial charge in [-0.2, -0.15) is 11.8 Å². The van der Waals surface area contributed by atoms with Crippen molar-refractivity contribution in [1.29, 1.82) is 0 Å². The van der Waals surface area contributed by atoms with Gasteiger partial charge in [0, 0.05) is 26.7 Å². The molecule has 1 saturated heterocycles. The number of nitrogens with zero attached hydrogens (tertiary/aromatic N) is 4. The van der Waals surface area contributed by atoms with Crippen LogP contribution in [0.1, 0.15) is 37.3 Å². The van der Waals surface area contributed by atoms with Crippen LogP contribution in [0.25, 0.3) is 0 Å². The van der Waals surface area contributed by atoms with Gasteiger partial charge < -0.3 is 19.9 Å². The molecule has 0 aromatic carbocycles. The van der Waals surface area contributed by atoms with Gasteiger partial charge in [-0.15, -0.1) is 34.2 Å². The maximum atomic E-state index is 5.67. The van der Waals surface area contributed by atoms with Gasteiger partial charge in [-0.1, -0.05) is 0 Å². The van der Waals surface area contributed by atoms with Gasteiger partial charge in [0.25, 0.3) is 0 Å². The molecular weight excluding hydrogens is 451 g/mol. The highest BCUT2D eigenvalue weighted by Gasteiger charge is 2.15. The first kappa shape index (κ1) is 22.5. The van der Waals surface area contributed by atoms with Crippen molar-refractivity contribution in [2.45, 2.75) is 45.3 Å². The summed E-state index contributed by atoms with van der Waals surface area (Å²) in [5, 5.41) is 15.1. The summed E-state index contributed by atoms with van der Waals surface area (Å²) in [5.74, 6) is 3.80. The van der Waals surface area contributed by atoms with E-state index in [0.717, 1.165) is 56.6 Å². The molecule has 1 aromatic heterocycles. The molecule has 0 amide bonds. The van der Waals surface area contributed by atoms with Crippen molar-refractivity contribution in [2.24, 2.45) is 12.0 Å². The summed E-state index contributed by atoms with van der Waals surface area (Å²) in [7, 11) is 1.97. The summed E-state index contributed by atoms with van der Waals surface area (Å²) in [4.78, 5) is 4.66. The number of nitrogens with one attached hydrogen (secondary N) is 2. The fraction of sp³-hybridized carbons (Fsp3) is 0.812. The van der Waals surface area contributed by atoms with Gasteiger partial charge in [-0.3, -0.25) is 0 Å². The molecule has 144 valence electrons. The third-order valence-electron chi connectivity index (χ3n) is 4.15. The summed E-state index contributed by atoms with van der Waals surface area (Å²) in [6.07, 6.45) is 7.08. The van der Waals surface area contributed by atoms with E-state index >= 15 is 0 Å². The standard InChI is InChI=1S/C16H30N6OS.HI/c1-13-20-21-15(22(13)2)12-19-16(17-8-4-5-10-24-3)18-11-14-7-6-9-23-14;/h14H,4-12H2,1-3H3,(H2,17,18,19);1H. The first-order valence-corrected chi connectivity index (χ1v) is 10.1. The second kappa shape index (κ2) is 12.7. The molecular formula is C16H31IN6OS. The molecule has 9 heteroatoms. The maximum absolute atomic E-state index is 5.67. The van der Waals surface area contributed by atoms with E-state index in [0.29, 0.717) is 12.6 Å². The first-order valence-electron chi connectivity index (χ1n) is 8.68. The average molecular weight is 482 g/mol. The Hall–Kier alpha value is -0.550. The van der Waals surface area contributed by atoms with E-state index in [1.54, 1.807) is 0 Å². The molecule has 7 nitrogen and oxygen atoms in total. The van der Waals surface area contributed by atoms with E-state index in [4.69, 9.17) is 4.74 Å². The molecule has 2 heterocycles. The van der Waals surface area contributed by atoms with Crippen molar-refractivity contribution in [1.82, 2.24) is 25.4 Å². The minimum absolute atomic E-state index is 0. The van der Waals surface area contributed by atoms with Gasteiger partial charge in [0.15, 0.2) is 11.8 Å². The van der Waals surface area contributed by atoms with E-state index in [-0.39, 0.29) is 24.0 Å². The summed E-state index contributed by atoms with van der Waals surface area (Å²) in [6, 6.07) is 0. The number of hydrogen-bond donors (Lipinski definition) is 2. The van der Waals surface area contributed by atoms with Gasteiger partial charge in [0.2, 0.25) is 0 Å². The van der Waals surface area contributed by atoms with Crippen LogP contribution in [0, 0.1) is 6.92 Å². The van der Waals surface area contributed by atoms with Crippen LogP contribution >= 0.6 is 35.7 Å². The van der Waals surface area contributed by atoms with Crippen molar-refractivity contribution in [2.75, 3.05) is 31.7 Å². The smallest absolute Gasteiger partial charge is 0.191 e. The van der Waals surface area contributed by atoms with E-state index in [9.17, 15) is 0 Å². The first-order chi connectivity index (χ1) is 11.7. The number of ether oxygens (including phenoxy) is 1. The number of rotatable bonds is 9. The minimum Gasteiger partial charge on any atom is -0.376 e. The molecule has 1 aliphatic heterocycles. The zero-order valence-corrected chi connectivity index (χ0v) is 18.6. The largest absolute Gasteiger partial charge is 0.376 e. The predicted molar refractivity (Wildman–Crippen MR) is 115 cm³/mol. The van der Waals surface area contributed by atoms with Crippen molar-refractivity contribution in [3.8, 4) is 0 Å². The fourth-order valence-electron chi connectivity index (χ4n) is 2.51. The van der Waals surface area contributed by atoms with Gasteiger partial charge >= 0.3 is 0 Å². The lowest BCUT2D eigenvalue weighted by Gasteiger charge is -2.15. The normalized spacial score (nSPS) is 17.4. The third-order valence-corrected chi connectivity index (χ3v) is 4.85. The number of guanidine groups is 1. The van der Waals surface area contributed by atoms with E-state index in [2.05, 4.69) is 32.1 Å². The second-order valence-electron chi connectivity index (χ2n) is 6.03. The predicted octanol–water partition coefficient (Wildman–Crippen LogP) is 2.10. The van der Waals surface area contributed by atoms with Crippen LogP contribution in [0.4, 0.5) is 0 Å². The van der Waals surface area contributed by atoms with Gasteiger partial charge in [-0.05, 0) is 44.6 Å². The molecule has 1 unspecified atom stereocenters. The van der Waals surface area contributed by atoms with Crippen molar-refractivity contribution >= 4 is 41.7 Å². The highest BCUT2D eigenvalue weighted by atomic mass is 127. The van der Waals surface area contributed by atoms with Crippen LogP contribution in [-0.2, 0) is 18.3 Å². The number of aromatic nitrogens is 3. The number of aliphatic imine (C=N–C) groups is 1. The monoisotopic (exact) mass is 482 g/mol. The molecule has 0 radical (unpaired) electrons. The number of unbranched alkanes of at least 4 members (excludes halogenated alkanes) is 1. The summed E-state index contributed by atoms with van der Waals surface area (Å²) >= 11 is 1.89. The summed E-state index contributed by atoms with van der Waals surface area (Å²) in [6.45, 7) is 5.06. The van der Waals surface area contributed by atoms with Crippen molar-refractivity contribution in [3.05, 3.63) is 11.6 Å². The van der Waals surface area contributed by atoms with E-state index in [1.807, 2.05) is 30.3 Å². The highest BCUT2D eigenvalue weighted by Crippen LogP contribution is 2.10. The molecule has 1 atom stereocenters. The maximum Gasteiger partial charge on any atom is 0.191 e. The lowest BCUT2D eigenvalue weighted by Crippen LogP contribution is -2.41. The topological polar surface area (TPSA) is 76.4 Å². The average Bonchev–Trinajstić information content (AvgIpc) is 3.21. The lowest BCUT2D eigenvalue weighted by atomic mass is 10.2. The molecule has 1 aromatic rings. The molecule has 0 saturated carbocycles. The molecule has 0 aliphatic carbocycles. The van der Waals surface area contributed by atoms with Crippen LogP contribution in [0.5, 0.6) is 0 Å². The minimum atomic E-state index is 0. The van der Waals surface area contributed by atoms with Gasteiger partial charge in [0.05, 0.1) is 6.10 Å². The zero-order chi connectivity index (χ0) is 17.2. The number of halogens is 1. The van der Waals surface area contributed by atoms with Crippen molar-refractivity contribution in [3.63, 3.8) is 0 Å².